The highest BCUT2D eigenvalue weighted by Gasteiger charge is 2.09. The SMILES string of the molecule is O=C(NCCCn1ccnn1)NCc1nc(C(=O)O)cs1. The predicted octanol–water partition coefficient (Wildman–Crippen LogP) is 0.322. The number of carbonyl (C=O) groups excluding carboxylic acids is 1. The minimum atomic E-state index is -1.07. The van der Waals surface area contributed by atoms with Gasteiger partial charge in [-0.15, -0.1) is 16.4 Å². The molecule has 2 rings (SSSR count). The van der Waals surface area contributed by atoms with E-state index in [1.165, 1.54) is 16.7 Å². The number of urea groups is 1. The number of hydrogen-bond acceptors (Lipinski definition) is 6. The Balaban J connectivity index is 1.61. The first-order valence-corrected chi connectivity index (χ1v) is 7.06. The molecular weight excluding hydrogens is 296 g/mol. The van der Waals surface area contributed by atoms with Crippen molar-refractivity contribution in [1.29, 1.82) is 0 Å². The lowest BCUT2D eigenvalue weighted by atomic mass is 10.4. The molecule has 0 unspecified atom stereocenters. The second-order valence-corrected chi connectivity index (χ2v) is 5.00. The number of carbonyl (C=O) groups is 2. The highest BCUT2D eigenvalue weighted by atomic mass is 32.1. The first-order chi connectivity index (χ1) is 10.1. The Morgan fingerprint density at radius 1 is 1.38 bits per heavy atom. The Hall–Kier alpha value is -2.49. The Morgan fingerprint density at radius 2 is 2.24 bits per heavy atom. The van der Waals surface area contributed by atoms with E-state index in [4.69, 9.17) is 5.11 Å². The molecule has 0 saturated carbocycles. The minimum absolute atomic E-state index is 0.00922. The number of aromatic carboxylic acids is 1. The molecule has 2 amide bonds. The maximum absolute atomic E-state index is 11.5. The van der Waals surface area contributed by atoms with E-state index in [0.29, 0.717) is 18.1 Å². The summed E-state index contributed by atoms with van der Waals surface area (Å²) in [5.74, 6) is -1.07. The van der Waals surface area contributed by atoms with Gasteiger partial charge in [0.1, 0.15) is 5.01 Å². The number of aromatic nitrogens is 4. The molecule has 0 aliphatic heterocycles. The third-order valence-electron chi connectivity index (χ3n) is 2.49. The molecule has 112 valence electrons. The van der Waals surface area contributed by atoms with E-state index in [9.17, 15) is 9.59 Å². The summed E-state index contributed by atoms with van der Waals surface area (Å²) < 4.78 is 1.68. The summed E-state index contributed by atoms with van der Waals surface area (Å²) in [7, 11) is 0. The summed E-state index contributed by atoms with van der Waals surface area (Å²) in [6.45, 7) is 1.38. The summed E-state index contributed by atoms with van der Waals surface area (Å²) in [6, 6.07) is -0.319. The van der Waals surface area contributed by atoms with Gasteiger partial charge in [0.15, 0.2) is 5.69 Å². The van der Waals surface area contributed by atoms with Crippen molar-refractivity contribution < 1.29 is 14.7 Å². The van der Waals surface area contributed by atoms with Crippen molar-refractivity contribution in [2.24, 2.45) is 0 Å². The number of aryl methyl sites for hydroxylation is 1. The van der Waals surface area contributed by atoms with Crippen LogP contribution in [0.2, 0.25) is 0 Å². The molecule has 0 saturated heterocycles. The van der Waals surface area contributed by atoms with Gasteiger partial charge >= 0.3 is 12.0 Å². The molecule has 3 N–H and O–H groups in total. The summed E-state index contributed by atoms with van der Waals surface area (Å²) in [5, 5.41) is 23.5. The van der Waals surface area contributed by atoms with Crippen molar-refractivity contribution >= 4 is 23.3 Å². The molecule has 9 nitrogen and oxygen atoms in total. The maximum atomic E-state index is 11.5. The summed E-state index contributed by atoms with van der Waals surface area (Å²) in [6.07, 6.45) is 4.08. The largest absolute Gasteiger partial charge is 0.476 e. The second-order valence-electron chi connectivity index (χ2n) is 4.06. The molecule has 21 heavy (non-hydrogen) atoms. The second kappa shape index (κ2) is 7.33. The first-order valence-electron chi connectivity index (χ1n) is 6.18. The van der Waals surface area contributed by atoms with Crippen LogP contribution in [-0.2, 0) is 13.1 Å². The summed E-state index contributed by atoms with van der Waals surface area (Å²) in [4.78, 5) is 26.0. The van der Waals surface area contributed by atoms with Gasteiger partial charge in [-0.1, -0.05) is 5.21 Å². The number of carboxylic acid groups (broad SMARTS) is 1. The smallest absolute Gasteiger partial charge is 0.355 e. The molecule has 2 heterocycles. The van der Waals surface area contributed by atoms with Crippen LogP contribution >= 0.6 is 11.3 Å². The quantitative estimate of drug-likeness (QED) is 0.633. The van der Waals surface area contributed by atoms with Crippen molar-refractivity contribution in [3.05, 3.63) is 28.5 Å². The van der Waals surface area contributed by atoms with Crippen LogP contribution in [0.1, 0.15) is 21.9 Å². The molecule has 0 fully saturated rings. The van der Waals surface area contributed by atoms with E-state index in [-0.39, 0.29) is 18.3 Å². The van der Waals surface area contributed by atoms with Crippen molar-refractivity contribution in [2.45, 2.75) is 19.5 Å². The zero-order valence-corrected chi connectivity index (χ0v) is 11.8. The summed E-state index contributed by atoms with van der Waals surface area (Å²) in [5.41, 5.74) is -0.00922. The molecule has 0 aliphatic carbocycles. The van der Waals surface area contributed by atoms with Gasteiger partial charge in [0.05, 0.1) is 12.7 Å². The van der Waals surface area contributed by atoms with E-state index in [0.717, 1.165) is 6.42 Å². The van der Waals surface area contributed by atoms with Gasteiger partial charge in [0, 0.05) is 24.7 Å². The van der Waals surface area contributed by atoms with Crippen LogP contribution in [0.4, 0.5) is 4.79 Å². The molecule has 2 aromatic rings. The van der Waals surface area contributed by atoms with Crippen LogP contribution in [0.25, 0.3) is 0 Å². The van der Waals surface area contributed by atoms with Crippen molar-refractivity contribution in [3.8, 4) is 0 Å². The maximum Gasteiger partial charge on any atom is 0.355 e. The summed E-state index contributed by atoms with van der Waals surface area (Å²) >= 11 is 1.19. The van der Waals surface area contributed by atoms with Crippen LogP contribution in [0.3, 0.4) is 0 Å². The fourth-order valence-electron chi connectivity index (χ4n) is 1.50. The predicted molar refractivity (Wildman–Crippen MR) is 74.0 cm³/mol. The van der Waals surface area contributed by atoms with Gasteiger partial charge in [0.2, 0.25) is 0 Å². The van der Waals surface area contributed by atoms with Crippen LogP contribution in [0, 0.1) is 0 Å². The van der Waals surface area contributed by atoms with Crippen LogP contribution in [0.15, 0.2) is 17.8 Å². The fourth-order valence-corrected chi connectivity index (χ4v) is 2.21. The molecule has 10 heteroatoms. The average Bonchev–Trinajstić information content (AvgIpc) is 3.12. The molecule has 0 bridgehead atoms. The Kier molecular flexibility index (Phi) is 5.21. The third kappa shape index (κ3) is 4.84. The lowest BCUT2D eigenvalue weighted by Crippen LogP contribution is -2.35. The van der Waals surface area contributed by atoms with E-state index in [1.54, 1.807) is 17.1 Å². The molecule has 0 atom stereocenters. The number of thiazole rings is 1. The fraction of sp³-hybridized carbons (Fsp3) is 0.364. The average molecular weight is 310 g/mol. The van der Waals surface area contributed by atoms with E-state index < -0.39 is 5.97 Å². The Bertz CT molecular complexity index is 597. The van der Waals surface area contributed by atoms with Crippen LogP contribution < -0.4 is 10.6 Å². The van der Waals surface area contributed by atoms with E-state index in [2.05, 4.69) is 25.9 Å². The van der Waals surface area contributed by atoms with Gasteiger partial charge < -0.3 is 15.7 Å². The molecular formula is C11H14N6O3S. The Morgan fingerprint density at radius 3 is 2.90 bits per heavy atom. The lowest BCUT2D eigenvalue weighted by molar-refractivity contribution is 0.0691. The van der Waals surface area contributed by atoms with E-state index >= 15 is 0 Å². The van der Waals surface area contributed by atoms with Crippen molar-refractivity contribution in [3.63, 3.8) is 0 Å². The van der Waals surface area contributed by atoms with Gasteiger partial charge in [-0.05, 0) is 6.42 Å². The van der Waals surface area contributed by atoms with Crippen LogP contribution in [0.5, 0.6) is 0 Å². The molecule has 2 aromatic heterocycles. The number of amides is 2. The van der Waals surface area contributed by atoms with Gasteiger partial charge in [-0.25, -0.2) is 14.6 Å². The molecule has 0 radical (unpaired) electrons. The standard InChI is InChI=1S/C11H14N6O3S/c18-10(19)8-7-21-9(15-8)6-13-11(20)12-2-1-4-17-5-3-14-16-17/h3,5,7H,1-2,4,6H2,(H,18,19)(H2,12,13,20). The van der Waals surface area contributed by atoms with Crippen molar-refractivity contribution in [1.82, 2.24) is 30.6 Å². The topological polar surface area (TPSA) is 122 Å². The Labute approximate surface area is 124 Å². The van der Waals surface area contributed by atoms with Crippen LogP contribution in [-0.4, -0.2) is 43.6 Å². The monoisotopic (exact) mass is 310 g/mol. The number of hydrogen-bond donors (Lipinski definition) is 3. The van der Waals surface area contributed by atoms with Gasteiger partial charge in [-0.2, -0.15) is 0 Å². The minimum Gasteiger partial charge on any atom is -0.476 e. The highest BCUT2D eigenvalue weighted by molar-refractivity contribution is 7.09. The number of nitrogens with zero attached hydrogens (tertiary/aromatic N) is 4. The molecule has 0 aromatic carbocycles. The molecule has 0 aliphatic rings. The van der Waals surface area contributed by atoms with Gasteiger partial charge in [0.25, 0.3) is 0 Å². The molecule has 0 spiro atoms. The zero-order valence-electron chi connectivity index (χ0n) is 11.0. The van der Waals surface area contributed by atoms with Crippen molar-refractivity contribution in [2.75, 3.05) is 6.54 Å². The zero-order chi connectivity index (χ0) is 15.1. The number of carboxylic acids is 1. The number of rotatable bonds is 7. The number of nitrogens with one attached hydrogen (secondary N) is 2. The third-order valence-corrected chi connectivity index (χ3v) is 3.34. The normalized spacial score (nSPS) is 10.3. The first kappa shape index (κ1) is 14.9. The van der Waals surface area contributed by atoms with Gasteiger partial charge in [-0.3, -0.25) is 4.68 Å². The van der Waals surface area contributed by atoms with E-state index in [1.807, 2.05) is 0 Å². The highest BCUT2D eigenvalue weighted by Crippen LogP contribution is 2.09. The lowest BCUT2D eigenvalue weighted by Gasteiger charge is -2.06.